The van der Waals surface area contributed by atoms with Gasteiger partial charge < -0.3 is 10.5 Å². The fourth-order valence-corrected chi connectivity index (χ4v) is 1.19. The zero-order valence-corrected chi connectivity index (χ0v) is 7.58. The molecule has 12 heavy (non-hydrogen) atoms. The highest BCUT2D eigenvalue weighted by Crippen LogP contribution is 2.24. The van der Waals surface area contributed by atoms with Gasteiger partial charge in [-0.25, -0.2) is 0 Å². The van der Waals surface area contributed by atoms with Crippen LogP contribution in [0, 0.1) is 0 Å². The summed E-state index contributed by atoms with van der Waals surface area (Å²) in [6.07, 6.45) is 0.931. The van der Waals surface area contributed by atoms with Crippen LogP contribution >= 0.6 is 0 Å². The van der Waals surface area contributed by atoms with E-state index in [1.165, 1.54) is 0 Å². The predicted molar refractivity (Wildman–Crippen MR) is 50.2 cm³/mol. The minimum Gasteiger partial charge on any atom is -0.496 e. The SMILES string of the molecule is CCC(N)c1ccccc1OC. The van der Waals surface area contributed by atoms with Gasteiger partial charge in [0.1, 0.15) is 5.75 Å². The number of hydrogen-bond acceptors (Lipinski definition) is 2. The van der Waals surface area contributed by atoms with Crippen molar-refractivity contribution in [2.45, 2.75) is 19.4 Å². The zero-order chi connectivity index (χ0) is 8.97. The van der Waals surface area contributed by atoms with Gasteiger partial charge >= 0.3 is 0 Å². The second-order valence-corrected chi connectivity index (χ2v) is 2.76. The Bertz CT molecular complexity index is 247. The average molecular weight is 165 g/mol. The highest BCUT2D eigenvalue weighted by atomic mass is 16.5. The van der Waals surface area contributed by atoms with Crippen LogP contribution in [0.4, 0.5) is 0 Å². The number of nitrogens with two attached hydrogens (primary N) is 1. The Morgan fingerprint density at radius 2 is 2.08 bits per heavy atom. The van der Waals surface area contributed by atoms with Crippen LogP contribution in [0.2, 0.25) is 0 Å². The van der Waals surface area contributed by atoms with E-state index < -0.39 is 0 Å². The fourth-order valence-electron chi connectivity index (χ4n) is 1.19. The summed E-state index contributed by atoms with van der Waals surface area (Å²) >= 11 is 0. The lowest BCUT2D eigenvalue weighted by atomic mass is 10.0. The average Bonchev–Trinajstić information content (AvgIpc) is 2.16. The molecule has 1 aromatic carbocycles. The molecule has 0 heterocycles. The molecule has 0 bridgehead atoms. The van der Waals surface area contributed by atoms with E-state index in [2.05, 4.69) is 6.92 Å². The molecule has 1 atom stereocenters. The van der Waals surface area contributed by atoms with Crippen molar-refractivity contribution in [3.63, 3.8) is 0 Å². The van der Waals surface area contributed by atoms with Crippen molar-refractivity contribution in [2.75, 3.05) is 7.11 Å². The van der Waals surface area contributed by atoms with E-state index in [0.717, 1.165) is 17.7 Å². The Morgan fingerprint density at radius 3 is 2.67 bits per heavy atom. The third kappa shape index (κ3) is 1.77. The highest BCUT2D eigenvalue weighted by molar-refractivity contribution is 5.35. The fraction of sp³-hybridized carbons (Fsp3) is 0.400. The van der Waals surface area contributed by atoms with Crippen LogP contribution in [0.1, 0.15) is 24.9 Å². The van der Waals surface area contributed by atoms with Gasteiger partial charge in [0.15, 0.2) is 0 Å². The molecule has 2 heteroatoms. The van der Waals surface area contributed by atoms with E-state index in [1.54, 1.807) is 7.11 Å². The number of benzene rings is 1. The third-order valence-electron chi connectivity index (χ3n) is 1.98. The molecular weight excluding hydrogens is 150 g/mol. The zero-order valence-electron chi connectivity index (χ0n) is 7.58. The molecule has 2 nitrogen and oxygen atoms in total. The summed E-state index contributed by atoms with van der Waals surface area (Å²) in [5, 5.41) is 0. The molecule has 0 amide bonds. The van der Waals surface area contributed by atoms with Gasteiger partial charge in [-0.2, -0.15) is 0 Å². The summed E-state index contributed by atoms with van der Waals surface area (Å²) in [5.41, 5.74) is 6.98. The van der Waals surface area contributed by atoms with Gasteiger partial charge in [0, 0.05) is 11.6 Å². The lowest BCUT2D eigenvalue weighted by molar-refractivity contribution is 0.405. The van der Waals surface area contributed by atoms with Gasteiger partial charge in [0.25, 0.3) is 0 Å². The second kappa shape index (κ2) is 4.12. The van der Waals surface area contributed by atoms with Gasteiger partial charge in [0.05, 0.1) is 7.11 Å². The molecule has 0 saturated carbocycles. The summed E-state index contributed by atoms with van der Waals surface area (Å²) in [7, 11) is 1.67. The summed E-state index contributed by atoms with van der Waals surface area (Å²) < 4.78 is 5.19. The van der Waals surface area contributed by atoms with Crippen LogP contribution in [0.3, 0.4) is 0 Å². The van der Waals surface area contributed by atoms with Crippen molar-refractivity contribution < 1.29 is 4.74 Å². The van der Waals surface area contributed by atoms with E-state index in [0.29, 0.717) is 0 Å². The molecule has 1 aromatic rings. The standard InChI is InChI=1S/C10H15NO/c1-3-9(11)8-6-4-5-7-10(8)12-2/h4-7,9H,3,11H2,1-2H3. The molecule has 0 saturated heterocycles. The van der Waals surface area contributed by atoms with E-state index in [1.807, 2.05) is 24.3 Å². The Balaban J connectivity index is 2.96. The van der Waals surface area contributed by atoms with Crippen LogP contribution in [0.25, 0.3) is 0 Å². The summed E-state index contributed by atoms with van der Waals surface area (Å²) in [6, 6.07) is 7.96. The molecule has 0 radical (unpaired) electrons. The van der Waals surface area contributed by atoms with Crippen LogP contribution < -0.4 is 10.5 Å². The van der Waals surface area contributed by atoms with E-state index in [-0.39, 0.29) is 6.04 Å². The lowest BCUT2D eigenvalue weighted by Gasteiger charge is -2.12. The number of ether oxygens (including phenoxy) is 1. The topological polar surface area (TPSA) is 35.2 Å². The summed E-state index contributed by atoms with van der Waals surface area (Å²) in [6.45, 7) is 2.07. The van der Waals surface area contributed by atoms with E-state index in [4.69, 9.17) is 10.5 Å². The summed E-state index contributed by atoms with van der Waals surface area (Å²) in [5.74, 6) is 0.881. The Kier molecular flexibility index (Phi) is 3.11. The van der Waals surface area contributed by atoms with E-state index in [9.17, 15) is 0 Å². The number of methoxy groups -OCH3 is 1. The van der Waals surface area contributed by atoms with Crippen LogP contribution in [-0.2, 0) is 0 Å². The molecule has 0 spiro atoms. The van der Waals surface area contributed by atoms with Crippen molar-refractivity contribution >= 4 is 0 Å². The number of rotatable bonds is 3. The number of hydrogen-bond donors (Lipinski definition) is 1. The Morgan fingerprint density at radius 1 is 1.42 bits per heavy atom. The largest absolute Gasteiger partial charge is 0.496 e. The first-order valence-electron chi connectivity index (χ1n) is 4.18. The van der Waals surface area contributed by atoms with Crippen LogP contribution in [-0.4, -0.2) is 7.11 Å². The molecule has 2 N–H and O–H groups in total. The van der Waals surface area contributed by atoms with Crippen molar-refractivity contribution in [3.8, 4) is 5.75 Å². The lowest BCUT2D eigenvalue weighted by Crippen LogP contribution is -2.09. The van der Waals surface area contributed by atoms with Gasteiger partial charge in [-0.3, -0.25) is 0 Å². The second-order valence-electron chi connectivity index (χ2n) is 2.76. The molecule has 0 aliphatic carbocycles. The van der Waals surface area contributed by atoms with Crippen molar-refractivity contribution in [2.24, 2.45) is 5.73 Å². The van der Waals surface area contributed by atoms with Crippen molar-refractivity contribution in [1.82, 2.24) is 0 Å². The predicted octanol–water partition coefficient (Wildman–Crippen LogP) is 2.10. The molecule has 1 unspecified atom stereocenters. The van der Waals surface area contributed by atoms with Gasteiger partial charge in [-0.15, -0.1) is 0 Å². The normalized spacial score (nSPS) is 12.6. The first kappa shape index (κ1) is 9.07. The first-order chi connectivity index (χ1) is 5.79. The molecule has 1 rings (SSSR count). The number of para-hydroxylation sites is 1. The van der Waals surface area contributed by atoms with Gasteiger partial charge in [0.2, 0.25) is 0 Å². The van der Waals surface area contributed by atoms with Gasteiger partial charge in [-0.1, -0.05) is 25.1 Å². The third-order valence-corrected chi connectivity index (χ3v) is 1.98. The van der Waals surface area contributed by atoms with E-state index >= 15 is 0 Å². The highest BCUT2D eigenvalue weighted by Gasteiger charge is 2.07. The molecule has 0 fully saturated rings. The monoisotopic (exact) mass is 165 g/mol. The molecule has 0 aliphatic rings. The first-order valence-corrected chi connectivity index (χ1v) is 4.18. The van der Waals surface area contributed by atoms with Crippen LogP contribution in [0.15, 0.2) is 24.3 Å². The molecule has 0 aromatic heterocycles. The minimum absolute atomic E-state index is 0.0844. The van der Waals surface area contributed by atoms with Gasteiger partial charge in [-0.05, 0) is 12.5 Å². The molecule has 66 valence electrons. The van der Waals surface area contributed by atoms with Crippen LogP contribution in [0.5, 0.6) is 5.75 Å². The Labute approximate surface area is 73.3 Å². The summed E-state index contributed by atoms with van der Waals surface area (Å²) in [4.78, 5) is 0. The maximum absolute atomic E-state index is 5.89. The molecule has 0 aliphatic heterocycles. The quantitative estimate of drug-likeness (QED) is 0.744. The Hall–Kier alpha value is -1.02. The van der Waals surface area contributed by atoms with Crippen molar-refractivity contribution in [1.29, 1.82) is 0 Å². The molecular formula is C10H15NO. The maximum atomic E-state index is 5.89. The minimum atomic E-state index is 0.0844. The smallest absolute Gasteiger partial charge is 0.123 e. The van der Waals surface area contributed by atoms with Crippen molar-refractivity contribution in [3.05, 3.63) is 29.8 Å². The maximum Gasteiger partial charge on any atom is 0.123 e.